The van der Waals surface area contributed by atoms with Crippen LogP contribution in [0.3, 0.4) is 0 Å². The van der Waals surface area contributed by atoms with E-state index in [1.807, 2.05) is 11.0 Å². The summed E-state index contributed by atoms with van der Waals surface area (Å²) >= 11 is 0. The van der Waals surface area contributed by atoms with Crippen LogP contribution in [0.1, 0.15) is 26.7 Å². The Bertz CT molecular complexity index is 511. The van der Waals surface area contributed by atoms with E-state index in [-0.39, 0.29) is 11.9 Å². The van der Waals surface area contributed by atoms with Crippen molar-refractivity contribution >= 4 is 17.3 Å². The van der Waals surface area contributed by atoms with Crippen LogP contribution in [0.15, 0.2) is 24.3 Å². The summed E-state index contributed by atoms with van der Waals surface area (Å²) in [6.07, 6.45) is 2.28. The summed E-state index contributed by atoms with van der Waals surface area (Å²) in [6, 6.07) is 8.49. The molecule has 2 aliphatic heterocycles. The van der Waals surface area contributed by atoms with E-state index in [1.54, 1.807) is 6.92 Å². The SMILES string of the molecule is CC(=O)N1c2ccccc2N(CC2CCOCC2)CC1C. The molecule has 0 saturated carbocycles. The first-order chi connectivity index (χ1) is 10.2. The van der Waals surface area contributed by atoms with Gasteiger partial charge in [-0.2, -0.15) is 0 Å². The maximum absolute atomic E-state index is 12.0. The van der Waals surface area contributed by atoms with Crippen LogP contribution in [0.2, 0.25) is 0 Å². The molecule has 3 rings (SSSR count). The van der Waals surface area contributed by atoms with Gasteiger partial charge in [-0.25, -0.2) is 0 Å². The molecule has 4 heteroatoms. The molecular weight excluding hydrogens is 264 g/mol. The van der Waals surface area contributed by atoms with Gasteiger partial charge in [0.25, 0.3) is 0 Å². The largest absolute Gasteiger partial charge is 0.381 e. The van der Waals surface area contributed by atoms with Crippen LogP contribution < -0.4 is 9.80 Å². The molecule has 0 N–H and O–H groups in total. The van der Waals surface area contributed by atoms with Crippen LogP contribution in [-0.2, 0) is 9.53 Å². The number of nitrogens with zero attached hydrogens (tertiary/aromatic N) is 2. The Kier molecular flexibility index (Phi) is 4.15. The molecule has 1 amide bonds. The Balaban J connectivity index is 1.85. The van der Waals surface area contributed by atoms with Gasteiger partial charge in [0.2, 0.25) is 5.91 Å². The third-order valence-corrected chi connectivity index (χ3v) is 4.57. The Morgan fingerprint density at radius 2 is 1.90 bits per heavy atom. The number of carbonyl (C=O) groups is 1. The van der Waals surface area contributed by atoms with Crippen molar-refractivity contribution in [3.8, 4) is 0 Å². The summed E-state index contributed by atoms with van der Waals surface area (Å²) in [6.45, 7) is 7.53. The zero-order chi connectivity index (χ0) is 14.8. The predicted molar refractivity (Wildman–Crippen MR) is 84.8 cm³/mol. The van der Waals surface area contributed by atoms with Gasteiger partial charge in [0.1, 0.15) is 0 Å². The maximum atomic E-state index is 12.0. The van der Waals surface area contributed by atoms with Gasteiger partial charge < -0.3 is 14.5 Å². The lowest BCUT2D eigenvalue weighted by molar-refractivity contribution is -0.117. The Hall–Kier alpha value is -1.55. The zero-order valence-electron chi connectivity index (χ0n) is 12.9. The van der Waals surface area contributed by atoms with Gasteiger partial charge >= 0.3 is 0 Å². The second-order valence-electron chi connectivity index (χ2n) is 6.19. The maximum Gasteiger partial charge on any atom is 0.224 e. The van der Waals surface area contributed by atoms with E-state index in [9.17, 15) is 4.79 Å². The van der Waals surface area contributed by atoms with Crippen LogP contribution in [-0.4, -0.2) is 38.3 Å². The van der Waals surface area contributed by atoms with Gasteiger partial charge in [-0.1, -0.05) is 12.1 Å². The molecule has 1 fully saturated rings. The molecule has 2 heterocycles. The lowest BCUT2D eigenvalue weighted by atomic mass is 9.98. The number of para-hydroxylation sites is 2. The quantitative estimate of drug-likeness (QED) is 0.839. The lowest BCUT2D eigenvalue weighted by Crippen LogP contribution is -2.50. The standard InChI is InChI=1S/C17H24N2O2/c1-13-11-18(12-15-7-9-21-10-8-15)16-5-3-4-6-17(16)19(13)14(2)20/h3-6,13,15H,7-12H2,1-2H3. The van der Waals surface area contributed by atoms with Crippen molar-refractivity contribution < 1.29 is 9.53 Å². The smallest absolute Gasteiger partial charge is 0.224 e. The molecule has 1 atom stereocenters. The molecule has 0 aromatic heterocycles. The number of rotatable bonds is 2. The second-order valence-corrected chi connectivity index (χ2v) is 6.19. The lowest BCUT2D eigenvalue weighted by Gasteiger charge is -2.43. The first kappa shape index (κ1) is 14.4. The Labute approximate surface area is 126 Å². The number of ether oxygens (including phenoxy) is 1. The number of hydrogen-bond acceptors (Lipinski definition) is 3. The molecule has 1 saturated heterocycles. The van der Waals surface area contributed by atoms with E-state index in [0.29, 0.717) is 5.92 Å². The van der Waals surface area contributed by atoms with Crippen molar-refractivity contribution in [2.75, 3.05) is 36.1 Å². The van der Waals surface area contributed by atoms with Crippen LogP contribution in [0.25, 0.3) is 0 Å². The Morgan fingerprint density at radius 1 is 1.24 bits per heavy atom. The number of benzene rings is 1. The number of anilines is 2. The van der Waals surface area contributed by atoms with Gasteiger partial charge in [0.05, 0.1) is 17.4 Å². The summed E-state index contributed by atoms with van der Waals surface area (Å²) in [7, 11) is 0. The monoisotopic (exact) mass is 288 g/mol. The van der Waals surface area contributed by atoms with Crippen molar-refractivity contribution in [3.05, 3.63) is 24.3 Å². The van der Waals surface area contributed by atoms with Crippen LogP contribution in [0, 0.1) is 5.92 Å². The van der Waals surface area contributed by atoms with Gasteiger partial charge in [-0.15, -0.1) is 0 Å². The minimum atomic E-state index is 0.126. The summed E-state index contributed by atoms with van der Waals surface area (Å²) in [5.41, 5.74) is 2.24. The summed E-state index contributed by atoms with van der Waals surface area (Å²) < 4.78 is 5.46. The molecule has 1 unspecified atom stereocenters. The summed E-state index contributed by atoms with van der Waals surface area (Å²) in [5, 5.41) is 0. The highest BCUT2D eigenvalue weighted by Gasteiger charge is 2.31. The third kappa shape index (κ3) is 2.91. The summed E-state index contributed by atoms with van der Waals surface area (Å²) in [4.78, 5) is 16.3. The molecule has 0 aliphatic carbocycles. The molecule has 1 aromatic rings. The molecule has 0 bridgehead atoms. The van der Waals surface area contributed by atoms with Gasteiger partial charge in [-0.05, 0) is 37.8 Å². The zero-order valence-corrected chi connectivity index (χ0v) is 12.9. The van der Waals surface area contributed by atoms with E-state index >= 15 is 0 Å². The second kappa shape index (κ2) is 6.06. The van der Waals surface area contributed by atoms with E-state index in [4.69, 9.17) is 4.74 Å². The average molecular weight is 288 g/mol. The molecule has 0 spiro atoms. The molecule has 1 aromatic carbocycles. The normalized spacial score (nSPS) is 23.0. The number of fused-ring (bicyclic) bond motifs is 1. The minimum absolute atomic E-state index is 0.126. The van der Waals surface area contributed by atoms with E-state index < -0.39 is 0 Å². The predicted octanol–water partition coefficient (Wildman–Crippen LogP) is 2.67. The molecule has 114 valence electrons. The van der Waals surface area contributed by atoms with E-state index in [1.165, 1.54) is 5.69 Å². The summed E-state index contributed by atoms with van der Waals surface area (Å²) in [5.74, 6) is 0.823. The number of hydrogen-bond donors (Lipinski definition) is 0. The van der Waals surface area contributed by atoms with Crippen LogP contribution in [0.4, 0.5) is 11.4 Å². The van der Waals surface area contributed by atoms with Crippen molar-refractivity contribution in [1.29, 1.82) is 0 Å². The van der Waals surface area contributed by atoms with Crippen molar-refractivity contribution in [3.63, 3.8) is 0 Å². The highest BCUT2D eigenvalue weighted by Crippen LogP contribution is 2.36. The molecule has 21 heavy (non-hydrogen) atoms. The first-order valence-corrected chi connectivity index (χ1v) is 7.88. The first-order valence-electron chi connectivity index (χ1n) is 7.88. The Morgan fingerprint density at radius 3 is 2.57 bits per heavy atom. The van der Waals surface area contributed by atoms with E-state index in [0.717, 1.165) is 44.8 Å². The molecule has 0 radical (unpaired) electrons. The van der Waals surface area contributed by atoms with Gasteiger partial charge in [0.15, 0.2) is 0 Å². The van der Waals surface area contributed by atoms with Crippen molar-refractivity contribution in [2.45, 2.75) is 32.7 Å². The fourth-order valence-electron chi connectivity index (χ4n) is 3.57. The van der Waals surface area contributed by atoms with Crippen molar-refractivity contribution in [2.24, 2.45) is 5.92 Å². The van der Waals surface area contributed by atoms with Crippen LogP contribution in [0.5, 0.6) is 0 Å². The number of carbonyl (C=O) groups excluding carboxylic acids is 1. The average Bonchev–Trinajstić information content (AvgIpc) is 2.48. The fraction of sp³-hybridized carbons (Fsp3) is 0.588. The van der Waals surface area contributed by atoms with Crippen molar-refractivity contribution in [1.82, 2.24) is 0 Å². The third-order valence-electron chi connectivity index (χ3n) is 4.57. The minimum Gasteiger partial charge on any atom is -0.381 e. The fourth-order valence-corrected chi connectivity index (χ4v) is 3.57. The molecule has 2 aliphatic rings. The highest BCUT2D eigenvalue weighted by molar-refractivity contribution is 5.97. The van der Waals surface area contributed by atoms with Gasteiger partial charge in [-0.3, -0.25) is 4.79 Å². The highest BCUT2D eigenvalue weighted by atomic mass is 16.5. The molecule has 4 nitrogen and oxygen atoms in total. The molecular formula is C17H24N2O2. The van der Waals surface area contributed by atoms with E-state index in [2.05, 4.69) is 30.0 Å². The number of amides is 1. The van der Waals surface area contributed by atoms with Crippen LogP contribution >= 0.6 is 0 Å². The topological polar surface area (TPSA) is 32.8 Å². The van der Waals surface area contributed by atoms with Gasteiger partial charge in [0, 0.05) is 33.2 Å².